The minimum absolute atomic E-state index is 0.479. The molecule has 0 bridgehead atoms. The average molecular weight is 289 g/mol. The van der Waals surface area contributed by atoms with Gasteiger partial charge in [0.15, 0.2) is 4.96 Å². The summed E-state index contributed by atoms with van der Waals surface area (Å²) >= 11 is 1.73. The molecule has 2 aliphatic rings. The summed E-state index contributed by atoms with van der Waals surface area (Å²) in [5, 5.41) is 5.78. The summed E-state index contributed by atoms with van der Waals surface area (Å²) in [6, 6.07) is 0. The summed E-state index contributed by atoms with van der Waals surface area (Å²) in [7, 11) is 0. The van der Waals surface area contributed by atoms with Gasteiger partial charge in [-0.05, 0) is 55.9 Å². The van der Waals surface area contributed by atoms with E-state index in [4.69, 9.17) is 4.98 Å². The summed E-state index contributed by atoms with van der Waals surface area (Å²) in [4.78, 5) is 5.94. The molecule has 2 heterocycles. The SMILES string of the molecule is CCCNCC1(Cc2cn3ccsc3n2)CC2CC2C1. The molecule has 4 heteroatoms. The van der Waals surface area contributed by atoms with Gasteiger partial charge >= 0.3 is 0 Å². The van der Waals surface area contributed by atoms with Crippen LogP contribution in [0.3, 0.4) is 0 Å². The van der Waals surface area contributed by atoms with E-state index in [1.807, 2.05) is 0 Å². The lowest BCUT2D eigenvalue weighted by atomic mass is 9.78. The fourth-order valence-corrected chi connectivity index (χ4v) is 4.85. The number of nitrogens with one attached hydrogen (secondary N) is 1. The van der Waals surface area contributed by atoms with E-state index in [9.17, 15) is 0 Å². The van der Waals surface area contributed by atoms with Crippen molar-refractivity contribution < 1.29 is 0 Å². The lowest BCUT2D eigenvalue weighted by Crippen LogP contribution is -2.35. The third kappa shape index (κ3) is 2.29. The monoisotopic (exact) mass is 289 g/mol. The Balaban J connectivity index is 1.51. The van der Waals surface area contributed by atoms with E-state index < -0.39 is 0 Å². The van der Waals surface area contributed by atoms with E-state index >= 15 is 0 Å². The first-order valence-electron chi connectivity index (χ1n) is 7.90. The molecule has 0 radical (unpaired) electrons. The lowest BCUT2D eigenvalue weighted by molar-refractivity contribution is 0.247. The van der Waals surface area contributed by atoms with Gasteiger partial charge in [-0.15, -0.1) is 11.3 Å². The van der Waals surface area contributed by atoms with Gasteiger partial charge in [0.2, 0.25) is 0 Å². The first-order valence-corrected chi connectivity index (χ1v) is 8.78. The van der Waals surface area contributed by atoms with Crippen molar-refractivity contribution in [1.82, 2.24) is 14.7 Å². The molecule has 0 aromatic carbocycles. The zero-order valence-electron chi connectivity index (χ0n) is 12.1. The largest absolute Gasteiger partial charge is 0.316 e. The predicted octanol–water partition coefficient (Wildman–Crippen LogP) is 3.35. The smallest absolute Gasteiger partial charge is 0.193 e. The molecular formula is C16H23N3S. The highest BCUT2D eigenvalue weighted by Gasteiger charge is 2.53. The van der Waals surface area contributed by atoms with Crippen molar-refractivity contribution in [3.63, 3.8) is 0 Å². The molecule has 20 heavy (non-hydrogen) atoms. The van der Waals surface area contributed by atoms with Crippen molar-refractivity contribution in [3.05, 3.63) is 23.5 Å². The summed E-state index contributed by atoms with van der Waals surface area (Å²) < 4.78 is 2.17. The Labute approximate surface area is 124 Å². The van der Waals surface area contributed by atoms with Gasteiger partial charge < -0.3 is 5.32 Å². The molecule has 3 nitrogen and oxygen atoms in total. The van der Waals surface area contributed by atoms with E-state index in [1.54, 1.807) is 11.3 Å². The first kappa shape index (κ1) is 12.8. The van der Waals surface area contributed by atoms with Crippen LogP contribution in [-0.4, -0.2) is 22.5 Å². The highest BCUT2D eigenvalue weighted by Crippen LogP contribution is 2.60. The van der Waals surface area contributed by atoms with Crippen LogP contribution in [0.15, 0.2) is 17.8 Å². The van der Waals surface area contributed by atoms with Crippen LogP contribution in [0.4, 0.5) is 0 Å². The fraction of sp³-hybridized carbons (Fsp3) is 0.688. The topological polar surface area (TPSA) is 29.3 Å². The van der Waals surface area contributed by atoms with Crippen molar-refractivity contribution in [3.8, 4) is 0 Å². The zero-order valence-corrected chi connectivity index (χ0v) is 13.0. The van der Waals surface area contributed by atoms with Crippen molar-refractivity contribution in [1.29, 1.82) is 0 Å². The van der Waals surface area contributed by atoms with Gasteiger partial charge in [0.05, 0.1) is 5.69 Å². The van der Waals surface area contributed by atoms with Crippen molar-refractivity contribution in [2.75, 3.05) is 13.1 Å². The van der Waals surface area contributed by atoms with Gasteiger partial charge in [-0.2, -0.15) is 0 Å². The molecule has 2 atom stereocenters. The van der Waals surface area contributed by atoms with Crippen LogP contribution in [0, 0.1) is 17.3 Å². The van der Waals surface area contributed by atoms with Gasteiger partial charge in [-0.3, -0.25) is 4.40 Å². The third-order valence-corrected chi connectivity index (χ3v) is 5.86. The standard InChI is InChI=1S/C16H23N3S/c1-2-3-17-11-16(7-12-6-13(12)8-16)9-14-10-19-4-5-20-15(19)18-14/h4-5,10,12-13,17H,2-3,6-9,11H2,1H3. The fourth-order valence-electron chi connectivity index (χ4n) is 4.13. The number of hydrogen-bond acceptors (Lipinski definition) is 3. The summed E-state index contributed by atoms with van der Waals surface area (Å²) in [5.41, 5.74) is 1.77. The summed E-state index contributed by atoms with van der Waals surface area (Å²) in [6.07, 6.45) is 11.1. The summed E-state index contributed by atoms with van der Waals surface area (Å²) in [6.45, 7) is 4.57. The molecule has 2 aromatic heterocycles. The predicted molar refractivity (Wildman–Crippen MR) is 83.2 cm³/mol. The Kier molecular flexibility index (Phi) is 3.11. The third-order valence-electron chi connectivity index (χ3n) is 5.09. The van der Waals surface area contributed by atoms with Crippen LogP contribution in [0.25, 0.3) is 4.96 Å². The number of nitrogens with zero attached hydrogens (tertiary/aromatic N) is 2. The van der Waals surface area contributed by atoms with Gasteiger partial charge in [0.1, 0.15) is 0 Å². The van der Waals surface area contributed by atoms with E-state index in [1.165, 1.54) is 37.9 Å². The molecule has 108 valence electrons. The van der Waals surface area contributed by atoms with Crippen LogP contribution in [0.1, 0.15) is 38.3 Å². The molecule has 0 saturated heterocycles. The molecule has 2 fully saturated rings. The number of aromatic nitrogens is 2. The molecular weight excluding hydrogens is 266 g/mol. The first-order chi connectivity index (χ1) is 9.78. The highest BCUT2D eigenvalue weighted by atomic mass is 32.1. The van der Waals surface area contributed by atoms with Crippen LogP contribution < -0.4 is 5.32 Å². The normalized spacial score (nSPS) is 31.9. The minimum atomic E-state index is 0.479. The van der Waals surface area contributed by atoms with Gasteiger partial charge in [0, 0.05) is 24.3 Å². The molecule has 2 saturated carbocycles. The van der Waals surface area contributed by atoms with Crippen molar-refractivity contribution >= 4 is 16.3 Å². The maximum atomic E-state index is 4.80. The van der Waals surface area contributed by atoms with Crippen LogP contribution >= 0.6 is 11.3 Å². The number of rotatable bonds is 6. The van der Waals surface area contributed by atoms with Crippen molar-refractivity contribution in [2.24, 2.45) is 17.3 Å². The van der Waals surface area contributed by atoms with Crippen LogP contribution in [-0.2, 0) is 6.42 Å². The van der Waals surface area contributed by atoms with E-state index in [-0.39, 0.29) is 0 Å². The van der Waals surface area contributed by atoms with Gasteiger partial charge in [0.25, 0.3) is 0 Å². The average Bonchev–Trinajstić information content (AvgIpc) is 2.80. The maximum absolute atomic E-state index is 4.80. The molecule has 0 amide bonds. The lowest BCUT2D eigenvalue weighted by Gasteiger charge is -2.30. The number of fused-ring (bicyclic) bond motifs is 2. The quantitative estimate of drug-likeness (QED) is 0.826. The molecule has 2 aliphatic carbocycles. The number of imidazole rings is 1. The molecule has 0 aliphatic heterocycles. The van der Waals surface area contributed by atoms with Crippen LogP contribution in [0.2, 0.25) is 0 Å². The van der Waals surface area contributed by atoms with Crippen LogP contribution in [0.5, 0.6) is 0 Å². The Bertz CT molecular complexity index is 561. The van der Waals surface area contributed by atoms with Gasteiger partial charge in [-0.25, -0.2) is 4.98 Å². The van der Waals surface area contributed by atoms with Crippen molar-refractivity contribution in [2.45, 2.75) is 39.0 Å². The Morgan fingerprint density at radius 2 is 2.30 bits per heavy atom. The Morgan fingerprint density at radius 1 is 1.45 bits per heavy atom. The number of thiazole rings is 1. The second-order valence-electron chi connectivity index (χ2n) is 6.84. The van der Waals surface area contributed by atoms with E-state index in [0.717, 1.165) is 29.8 Å². The van der Waals surface area contributed by atoms with E-state index in [2.05, 4.69) is 34.4 Å². The van der Waals surface area contributed by atoms with E-state index in [0.29, 0.717) is 5.41 Å². The maximum Gasteiger partial charge on any atom is 0.193 e. The molecule has 4 rings (SSSR count). The zero-order chi connectivity index (χ0) is 13.6. The molecule has 2 aromatic rings. The highest BCUT2D eigenvalue weighted by molar-refractivity contribution is 7.15. The molecule has 0 spiro atoms. The van der Waals surface area contributed by atoms with Gasteiger partial charge in [-0.1, -0.05) is 6.92 Å². The Morgan fingerprint density at radius 3 is 3.05 bits per heavy atom. The second kappa shape index (κ2) is 4.85. The number of hydrogen-bond donors (Lipinski definition) is 1. The minimum Gasteiger partial charge on any atom is -0.316 e. The second-order valence-corrected chi connectivity index (χ2v) is 7.72. The molecule has 2 unspecified atom stereocenters. The summed E-state index contributed by atoms with van der Waals surface area (Å²) in [5.74, 6) is 2.06. The Hall–Kier alpha value is -0.870. The molecule has 1 N–H and O–H groups in total.